The summed E-state index contributed by atoms with van der Waals surface area (Å²) in [4.78, 5) is 32.1. The summed E-state index contributed by atoms with van der Waals surface area (Å²) in [5, 5.41) is 3.55. The first-order valence-corrected chi connectivity index (χ1v) is 11.7. The lowest BCUT2D eigenvalue weighted by atomic mass is 10.1. The van der Waals surface area contributed by atoms with E-state index >= 15 is 0 Å². The van der Waals surface area contributed by atoms with Crippen LogP contribution in [0.15, 0.2) is 48.5 Å². The van der Waals surface area contributed by atoms with Crippen molar-refractivity contribution in [2.24, 2.45) is 0 Å². The van der Waals surface area contributed by atoms with Crippen LogP contribution in [0.5, 0.6) is 0 Å². The van der Waals surface area contributed by atoms with Gasteiger partial charge in [0.25, 0.3) is 0 Å². The van der Waals surface area contributed by atoms with Crippen LogP contribution in [0.3, 0.4) is 0 Å². The normalized spacial score (nSPS) is 14.3. The number of carbonyl (C=O) groups excluding carboxylic acids is 2. The van der Waals surface area contributed by atoms with Gasteiger partial charge in [-0.05, 0) is 36.6 Å². The Labute approximate surface area is 193 Å². The first kappa shape index (κ1) is 22.3. The molecule has 32 heavy (non-hydrogen) atoms. The fourth-order valence-electron chi connectivity index (χ4n) is 4.24. The molecule has 0 unspecified atom stereocenters. The lowest BCUT2D eigenvalue weighted by Gasteiger charge is -2.21. The summed E-state index contributed by atoms with van der Waals surface area (Å²) in [6, 6.07) is 15.2. The lowest BCUT2D eigenvalue weighted by molar-refractivity contribution is -0.131. The maximum absolute atomic E-state index is 13.0. The first-order valence-electron chi connectivity index (χ1n) is 11.3. The predicted molar refractivity (Wildman–Crippen MR) is 127 cm³/mol. The molecule has 1 saturated heterocycles. The number of imidazole rings is 1. The van der Waals surface area contributed by atoms with Crippen LogP contribution < -0.4 is 5.32 Å². The standard InChI is InChI=1S/C25H29ClN4O2/c26-20-10-4-3-9-19(20)17-24(31)27-14-13-23-28-21-11-5-6-12-22(21)30(23)18-25(32)29-15-7-1-2-8-16-29/h3-6,9-12H,1-2,7-8,13-18H2,(H,27,31). The molecule has 2 aromatic carbocycles. The van der Waals surface area contributed by atoms with Crippen molar-refractivity contribution in [1.29, 1.82) is 0 Å². The molecule has 2 heterocycles. The number of hydrogen-bond donors (Lipinski definition) is 1. The molecule has 2 amide bonds. The minimum atomic E-state index is -0.0820. The Morgan fingerprint density at radius 2 is 1.69 bits per heavy atom. The van der Waals surface area contributed by atoms with Gasteiger partial charge in [0.1, 0.15) is 12.4 Å². The van der Waals surface area contributed by atoms with Crippen molar-refractivity contribution < 1.29 is 9.59 Å². The van der Waals surface area contributed by atoms with E-state index in [2.05, 4.69) is 5.32 Å². The van der Waals surface area contributed by atoms with Crippen molar-refractivity contribution in [3.63, 3.8) is 0 Å². The number of nitrogens with zero attached hydrogens (tertiary/aromatic N) is 3. The monoisotopic (exact) mass is 452 g/mol. The maximum atomic E-state index is 13.0. The Hall–Kier alpha value is -2.86. The summed E-state index contributed by atoms with van der Waals surface area (Å²) >= 11 is 6.16. The molecular weight excluding hydrogens is 424 g/mol. The molecule has 1 aromatic heterocycles. The topological polar surface area (TPSA) is 67.2 Å². The second-order valence-corrected chi connectivity index (χ2v) is 8.67. The maximum Gasteiger partial charge on any atom is 0.242 e. The van der Waals surface area contributed by atoms with Gasteiger partial charge < -0.3 is 14.8 Å². The molecule has 0 bridgehead atoms. The number of hydrogen-bond acceptors (Lipinski definition) is 3. The number of likely N-dealkylation sites (tertiary alicyclic amines) is 1. The molecular formula is C25H29ClN4O2. The molecule has 4 rings (SSSR count). The van der Waals surface area contributed by atoms with Crippen molar-refractivity contribution in [2.45, 2.75) is 45.1 Å². The molecule has 1 N–H and O–H groups in total. The van der Waals surface area contributed by atoms with Gasteiger partial charge in [0.05, 0.1) is 17.5 Å². The van der Waals surface area contributed by atoms with E-state index in [1.807, 2.05) is 51.9 Å². The smallest absolute Gasteiger partial charge is 0.242 e. The number of carbonyl (C=O) groups is 2. The molecule has 7 heteroatoms. The second-order valence-electron chi connectivity index (χ2n) is 8.27. The van der Waals surface area contributed by atoms with E-state index in [4.69, 9.17) is 16.6 Å². The minimum absolute atomic E-state index is 0.0820. The van der Waals surface area contributed by atoms with Crippen LogP contribution in [-0.2, 0) is 29.0 Å². The molecule has 0 aliphatic carbocycles. The third kappa shape index (κ3) is 5.49. The van der Waals surface area contributed by atoms with E-state index in [0.717, 1.165) is 48.4 Å². The number of halogens is 1. The first-order chi connectivity index (χ1) is 15.6. The molecule has 0 atom stereocenters. The number of amides is 2. The Kier molecular flexibility index (Phi) is 7.43. The second kappa shape index (κ2) is 10.6. The lowest BCUT2D eigenvalue weighted by Crippen LogP contribution is -2.35. The van der Waals surface area contributed by atoms with Gasteiger partial charge in [-0.25, -0.2) is 4.98 Å². The fourth-order valence-corrected chi connectivity index (χ4v) is 4.44. The SMILES string of the molecule is O=C(Cc1ccccc1Cl)NCCc1nc2ccccc2n1CC(=O)N1CCCCCC1. The average Bonchev–Trinajstić information content (AvgIpc) is 2.95. The van der Waals surface area contributed by atoms with Crippen molar-refractivity contribution in [3.05, 3.63) is 64.9 Å². The molecule has 1 aliphatic rings. The largest absolute Gasteiger partial charge is 0.355 e. The predicted octanol–water partition coefficient (Wildman–Crippen LogP) is 3.99. The molecule has 0 spiro atoms. The number of aromatic nitrogens is 2. The van der Waals surface area contributed by atoms with E-state index < -0.39 is 0 Å². The van der Waals surface area contributed by atoms with Gasteiger partial charge in [0, 0.05) is 31.1 Å². The summed E-state index contributed by atoms with van der Waals surface area (Å²) < 4.78 is 2.00. The summed E-state index contributed by atoms with van der Waals surface area (Å²) in [5.74, 6) is 0.868. The van der Waals surface area contributed by atoms with Crippen molar-refractivity contribution in [3.8, 4) is 0 Å². The van der Waals surface area contributed by atoms with Crippen molar-refractivity contribution in [2.75, 3.05) is 19.6 Å². The third-order valence-corrected chi connectivity index (χ3v) is 6.33. The Morgan fingerprint density at radius 1 is 0.969 bits per heavy atom. The van der Waals surface area contributed by atoms with Gasteiger partial charge in [-0.1, -0.05) is 54.8 Å². The van der Waals surface area contributed by atoms with Gasteiger partial charge in [0.2, 0.25) is 11.8 Å². The molecule has 6 nitrogen and oxygen atoms in total. The van der Waals surface area contributed by atoms with Gasteiger partial charge in [-0.3, -0.25) is 9.59 Å². The molecule has 3 aromatic rings. The Balaban J connectivity index is 1.42. The van der Waals surface area contributed by atoms with Crippen LogP contribution in [0.4, 0.5) is 0 Å². The Bertz CT molecular complexity index is 1090. The quantitative estimate of drug-likeness (QED) is 0.589. The van der Waals surface area contributed by atoms with Crippen LogP contribution in [0.25, 0.3) is 11.0 Å². The molecule has 1 fully saturated rings. The van der Waals surface area contributed by atoms with Crippen LogP contribution >= 0.6 is 11.6 Å². The van der Waals surface area contributed by atoms with Crippen LogP contribution in [-0.4, -0.2) is 45.9 Å². The fraction of sp³-hybridized carbons (Fsp3) is 0.400. The summed E-state index contributed by atoms with van der Waals surface area (Å²) in [7, 11) is 0. The van der Waals surface area contributed by atoms with Gasteiger partial charge in [-0.15, -0.1) is 0 Å². The molecule has 168 valence electrons. The van der Waals surface area contributed by atoms with Crippen LogP contribution in [0.2, 0.25) is 5.02 Å². The van der Waals surface area contributed by atoms with E-state index in [0.29, 0.717) is 18.0 Å². The van der Waals surface area contributed by atoms with Gasteiger partial charge >= 0.3 is 0 Å². The van der Waals surface area contributed by atoms with Gasteiger partial charge in [-0.2, -0.15) is 0 Å². The van der Waals surface area contributed by atoms with Crippen LogP contribution in [0, 0.1) is 0 Å². The third-order valence-electron chi connectivity index (χ3n) is 5.97. The highest BCUT2D eigenvalue weighted by molar-refractivity contribution is 6.31. The van der Waals surface area contributed by atoms with Gasteiger partial charge in [0.15, 0.2) is 0 Å². The number of rotatable bonds is 7. The number of benzene rings is 2. The minimum Gasteiger partial charge on any atom is -0.355 e. The highest BCUT2D eigenvalue weighted by atomic mass is 35.5. The Morgan fingerprint density at radius 3 is 2.47 bits per heavy atom. The molecule has 1 aliphatic heterocycles. The highest BCUT2D eigenvalue weighted by Crippen LogP contribution is 2.18. The summed E-state index contributed by atoms with van der Waals surface area (Å²) in [5.41, 5.74) is 2.63. The zero-order valence-corrected chi connectivity index (χ0v) is 19.0. The number of fused-ring (bicyclic) bond motifs is 1. The van der Waals surface area contributed by atoms with E-state index in [1.165, 1.54) is 12.8 Å². The van der Waals surface area contributed by atoms with Crippen molar-refractivity contribution >= 4 is 34.4 Å². The summed E-state index contributed by atoms with van der Waals surface area (Å²) in [6.45, 7) is 2.39. The summed E-state index contributed by atoms with van der Waals surface area (Å²) in [6.07, 6.45) is 5.31. The van der Waals surface area contributed by atoms with E-state index in [1.54, 1.807) is 6.07 Å². The zero-order valence-electron chi connectivity index (χ0n) is 18.2. The molecule has 0 saturated carbocycles. The number of nitrogens with one attached hydrogen (secondary N) is 1. The van der Waals surface area contributed by atoms with E-state index in [-0.39, 0.29) is 24.8 Å². The van der Waals surface area contributed by atoms with Crippen LogP contribution in [0.1, 0.15) is 37.1 Å². The molecule has 0 radical (unpaired) electrons. The average molecular weight is 453 g/mol. The number of para-hydroxylation sites is 2. The highest BCUT2D eigenvalue weighted by Gasteiger charge is 2.19. The zero-order chi connectivity index (χ0) is 22.3. The van der Waals surface area contributed by atoms with E-state index in [9.17, 15) is 9.59 Å². The van der Waals surface area contributed by atoms with Crippen molar-refractivity contribution in [1.82, 2.24) is 19.8 Å².